The lowest BCUT2D eigenvalue weighted by Crippen LogP contribution is -2.37. The number of morpholine rings is 1. The highest BCUT2D eigenvalue weighted by Crippen LogP contribution is 2.24. The van der Waals surface area contributed by atoms with Crippen LogP contribution in [0.1, 0.15) is 17.6 Å². The minimum absolute atomic E-state index is 0.189. The summed E-state index contributed by atoms with van der Waals surface area (Å²) in [5.41, 5.74) is 2.18. The van der Waals surface area contributed by atoms with Gasteiger partial charge in [0.05, 0.1) is 6.61 Å². The van der Waals surface area contributed by atoms with Crippen molar-refractivity contribution in [1.82, 2.24) is 20.0 Å². The molecule has 4 rings (SSSR count). The minimum Gasteiger partial charge on any atom is -0.366 e. The molecular weight excluding hydrogens is 304 g/mol. The molecule has 1 fully saturated rings. The first-order valence-electron chi connectivity index (χ1n) is 8.00. The van der Waals surface area contributed by atoms with Gasteiger partial charge in [0.1, 0.15) is 6.10 Å². The van der Waals surface area contributed by atoms with Crippen molar-refractivity contribution in [2.24, 2.45) is 0 Å². The maximum absolute atomic E-state index is 5.83. The molecule has 6 nitrogen and oxygen atoms in total. The van der Waals surface area contributed by atoms with Gasteiger partial charge in [0, 0.05) is 37.6 Å². The van der Waals surface area contributed by atoms with Crippen molar-refractivity contribution in [2.75, 3.05) is 19.7 Å². The molecule has 0 saturated carbocycles. The largest absolute Gasteiger partial charge is 0.366 e. The van der Waals surface area contributed by atoms with Crippen LogP contribution in [0.4, 0.5) is 0 Å². The van der Waals surface area contributed by atoms with Crippen LogP contribution in [0.15, 0.2) is 59.4 Å². The fourth-order valence-corrected chi connectivity index (χ4v) is 2.81. The van der Waals surface area contributed by atoms with Crippen molar-refractivity contribution in [1.29, 1.82) is 0 Å². The first-order valence-corrected chi connectivity index (χ1v) is 8.00. The second kappa shape index (κ2) is 6.90. The van der Waals surface area contributed by atoms with Crippen LogP contribution >= 0.6 is 0 Å². The van der Waals surface area contributed by atoms with E-state index in [1.54, 1.807) is 0 Å². The Balaban J connectivity index is 1.45. The normalized spacial score (nSPS) is 18.6. The molecule has 0 amide bonds. The maximum Gasteiger partial charge on any atom is 0.257 e. The van der Waals surface area contributed by atoms with Crippen LogP contribution in [0.25, 0.3) is 11.4 Å². The molecule has 0 aliphatic carbocycles. The van der Waals surface area contributed by atoms with E-state index in [4.69, 9.17) is 9.26 Å². The van der Waals surface area contributed by atoms with E-state index in [9.17, 15) is 0 Å². The SMILES string of the molecule is c1ccc(-c2noc([C@@H]3CN(Cc4ccncc4)CCO3)n2)cc1. The number of nitrogens with zero attached hydrogens (tertiary/aromatic N) is 4. The van der Waals surface area contributed by atoms with E-state index in [0.29, 0.717) is 18.3 Å². The molecule has 122 valence electrons. The summed E-state index contributed by atoms with van der Waals surface area (Å²) in [6.07, 6.45) is 3.44. The zero-order chi connectivity index (χ0) is 16.2. The molecule has 0 N–H and O–H groups in total. The van der Waals surface area contributed by atoms with Gasteiger partial charge in [0.2, 0.25) is 5.82 Å². The molecule has 2 aromatic heterocycles. The van der Waals surface area contributed by atoms with Gasteiger partial charge in [0.25, 0.3) is 5.89 Å². The summed E-state index contributed by atoms with van der Waals surface area (Å²) in [7, 11) is 0. The van der Waals surface area contributed by atoms with Gasteiger partial charge in [-0.25, -0.2) is 0 Å². The van der Waals surface area contributed by atoms with Gasteiger partial charge in [-0.05, 0) is 17.7 Å². The van der Waals surface area contributed by atoms with Crippen molar-refractivity contribution in [2.45, 2.75) is 12.6 Å². The Morgan fingerprint density at radius 1 is 1.08 bits per heavy atom. The van der Waals surface area contributed by atoms with Crippen LogP contribution in [0.5, 0.6) is 0 Å². The van der Waals surface area contributed by atoms with Gasteiger partial charge in [-0.2, -0.15) is 4.98 Å². The third-order valence-electron chi connectivity index (χ3n) is 4.06. The fourth-order valence-electron chi connectivity index (χ4n) is 2.81. The summed E-state index contributed by atoms with van der Waals surface area (Å²) >= 11 is 0. The van der Waals surface area contributed by atoms with Crippen LogP contribution in [0, 0.1) is 0 Å². The predicted molar refractivity (Wildman–Crippen MR) is 87.9 cm³/mol. The molecule has 1 aromatic carbocycles. The Kier molecular flexibility index (Phi) is 4.31. The van der Waals surface area contributed by atoms with Crippen molar-refractivity contribution < 1.29 is 9.26 Å². The summed E-state index contributed by atoms with van der Waals surface area (Å²) in [5.74, 6) is 1.13. The lowest BCUT2D eigenvalue weighted by Gasteiger charge is -2.31. The molecule has 1 atom stereocenters. The molecule has 1 saturated heterocycles. The number of pyridine rings is 1. The second-order valence-corrected chi connectivity index (χ2v) is 5.77. The molecule has 0 radical (unpaired) electrons. The van der Waals surface area contributed by atoms with Crippen molar-refractivity contribution >= 4 is 0 Å². The molecule has 0 bridgehead atoms. The van der Waals surface area contributed by atoms with E-state index < -0.39 is 0 Å². The van der Waals surface area contributed by atoms with Crippen molar-refractivity contribution in [3.63, 3.8) is 0 Å². The Morgan fingerprint density at radius 2 is 1.92 bits per heavy atom. The van der Waals surface area contributed by atoms with Crippen LogP contribution in [0.2, 0.25) is 0 Å². The predicted octanol–water partition coefficient (Wildman–Crippen LogP) is 2.71. The van der Waals surface area contributed by atoms with Crippen molar-refractivity contribution in [3.05, 3.63) is 66.3 Å². The first kappa shape index (κ1) is 15.0. The molecular formula is C18H18N4O2. The molecule has 3 heterocycles. The van der Waals surface area contributed by atoms with Gasteiger partial charge in [-0.3, -0.25) is 9.88 Å². The van der Waals surface area contributed by atoms with Gasteiger partial charge >= 0.3 is 0 Å². The van der Waals surface area contributed by atoms with Gasteiger partial charge in [-0.1, -0.05) is 35.5 Å². The van der Waals surface area contributed by atoms with E-state index in [-0.39, 0.29) is 6.10 Å². The standard InChI is InChI=1S/C18H18N4O2/c1-2-4-15(5-3-1)17-20-18(24-21-17)16-13-22(10-11-23-16)12-14-6-8-19-9-7-14/h1-9,16H,10-13H2/t16-/m0/s1. The van der Waals surface area contributed by atoms with Crippen molar-refractivity contribution in [3.8, 4) is 11.4 Å². The van der Waals surface area contributed by atoms with Gasteiger partial charge < -0.3 is 9.26 Å². The summed E-state index contributed by atoms with van der Waals surface area (Å²) in [5, 5.41) is 4.08. The summed E-state index contributed by atoms with van der Waals surface area (Å²) in [4.78, 5) is 10.9. The summed E-state index contributed by atoms with van der Waals surface area (Å²) in [6, 6.07) is 13.9. The molecule has 1 aliphatic rings. The molecule has 24 heavy (non-hydrogen) atoms. The van der Waals surface area contributed by atoms with Crippen LogP contribution in [-0.4, -0.2) is 39.7 Å². The average Bonchev–Trinajstić information content (AvgIpc) is 3.14. The van der Waals surface area contributed by atoms with E-state index in [2.05, 4.69) is 20.0 Å². The Hall–Kier alpha value is -2.57. The number of hydrogen-bond acceptors (Lipinski definition) is 6. The maximum atomic E-state index is 5.83. The summed E-state index contributed by atoms with van der Waals surface area (Å²) in [6.45, 7) is 3.14. The topological polar surface area (TPSA) is 64.3 Å². The third kappa shape index (κ3) is 3.34. The zero-order valence-corrected chi connectivity index (χ0v) is 13.2. The highest BCUT2D eigenvalue weighted by Gasteiger charge is 2.27. The summed E-state index contributed by atoms with van der Waals surface area (Å²) < 4.78 is 11.3. The smallest absolute Gasteiger partial charge is 0.257 e. The highest BCUT2D eigenvalue weighted by atomic mass is 16.5. The van der Waals surface area contributed by atoms with E-state index in [1.165, 1.54) is 5.56 Å². The van der Waals surface area contributed by atoms with Crippen LogP contribution < -0.4 is 0 Å². The number of rotatable bonds is 4. The Labute approximate surface area is 140 Å². The Bertz CT molecular complexity index is 776. The molecule has 3 aromatic rings. The Morgan fingerprint density at radius 3 is 2.75 bits per heavy atom. The lowest BCUT2D eigenvalue weighted by molar-refractivity contribution is -0.0475. The van der Waals surface area contributed by atoms with E-state index >= 15 is 0 Å². The first-order chi connectivity index (χ1) is 11.9. The third-order valence-corrected chi connectivity index (χ3v) is 4.06. The van der Waals surface area contributed by atoms with Crippen LogP contribution in [0.3, 0.4) is 0 Å². The lowest BCUT2D eigenvalue weighted by atomic mass is 10.2. The quantitative estimate of drug-likeness (QED) is 0.736. The molecule has 0 unspecified atom stereocenters. The molecule has 6 heteroatoms. The van der Waals surface area contributed by atoms with Crippen LogP contribution in [-0.2, 0) is 11.3 Å². The number of hydrogen-bond donors (Lipinski definition) is 0. The zero-order valence-electron chi connectivity index (χ0n) is 13.2. The van der Waals surface area contributed by atoms with Gasteiger partial charge in [-0.15, -0.1) is 0 Å². The fraction of sp³-hybridized carbons (Fsp3) is 0.278. The monoisotopic (exact) mass is 322 g/mol. The minimum atomic E-state index is -0.189. The molecule has 0 spiro atoms. The van der Waals surface area contributed by atoms with Gasteiger partial charge in [0.15, 0.2) is 0 Å². The van der Waals surface area contributed by atoms with E-state index in [1.807, 2.05) is 54.9 Å². The number of aromatic nitrogens is 3. The number of benzene rings is 1. The second-order valence-electron chi connectivity index (χ2n) is 5.77. The van der Waals surface area contributed by atoms with E-state index in [0.717, 1.165) is 25.2 Å². The number of ether oxygens (including phenoxy) is 1. The highest BCUT2D eigenvalue weighted by molar-refractivity contribution is 5.53. The molecule has 1 aliphatic heterocycles. The average molecular weight is 322 g/mol.